The Morgan fingerprint density at radius 3 is 1.70 bits per heavy atom. The number of nitrogens with one attached hydrogen (secondary N) is 1. The fourth-order valence-corrected chi connectivity index (χ4v) is 3.68. The van der Waals surface area contributed by atoms with Gasteiger partial charge in [0.15, 0.2) is 0 Å². The molecule has 4 heteroatoms. The molecule has 30 heavy (non-hydrogen) atoms. The summed E-state index contributed by atoms with van der Waals surface area (Å²) in [4.78, 5) is 0. The molecule has 0 radical (unpaired) electrons. The summed E-state index contributed by atoms with van der Waals surface area (Å²) >= 11 is 0. The van der Waals surface area contributed by atoms with Crippen molar-refractivity contribution < 1.29 is 9.47 Å². The first-order valence-electron chi connectivity index (χ1n) is 10.2. The van der Waals surface area contributed by atoms with E-state index in [0.29, 0.717) is 11.8 Å². The number of halogens is 1. The summed E-state index contributed by atoms with van der Waals surface area (Å²) in [6.07, 6.45) is 1.07. The van der Waals surface area contributed by atoms with Crippen LogP contribution < -0.4 is 14.8 Å². The van der Waals surface area contributed by atoms with Crippen LogP contribution in [-0.4, -0.2) is 20.8 Å². The minimum Gasteiger partial charge on any atom is -0.497 e. The number of hydrogen-bond donors (Lipinski definition) is 1. The molecule has 0 saturated carbocycles. The molecule has 1 atom stereocenters. The van der Waals surface area contributed by atoms with E-state index < -0.39 is 0 Å². The van der Waals surface area contributed by atoms with E-state index in [4.69, 9.17) is 9.47 Å². The molecule has 3 nitrogen and oxygen atoms in total. The summed E-state index contributed by atoms with van der Waals surface area (Å²) in [7, 11) is 3.41. The van der Waals surface area contributed by atoms with Crippen molar-refractivity contribution >= 4 is 12.4 Å². The van der Waals surface area contributed by atoms with Crippen molar-refractivity contribution in [2.75, 3.05) is 20.8 Å². The predicted molar refractivity (Wildman–Crippen MR) is 127 cm³/mol. The Morgan fingerprint density at radius 1 is 0.733 bits per heavy atom. The molecule has 3 rings (SSSR count). The molecule has 0 bridgehead atoms. The molecule has 0 aliphatic heterocycles. The van der Waals surface area contributed by atoms with E-state index in [2.05, 4.69) is 66.8 Å². The molecule has 0 amide bonds. The minimum atomic E-state index is 0. The lowest BCUT2D eigenvalue weighted by molar-refractivity contribution is 0.413. The summed E-state index contributed by atoms with van der Waals surface area (Å²) in [5, 5.41) is 3.61. The Bertz CT molecular complexity index is 803. The zero-order valence-electron chi connectivity index (χ0n) is 18.0. The van der Waals surface area contributed by atoms with Crippen LogP contribution in [0, 0.1) is 5.92 Å². The first kappa shape index (κ1) is 23.8. The summed E-state index contributed by atoms with van der Waals surface area (Å²) in [5.41, 5.74) is 3.94. The van der Waals surface area contributed by atoms with Crippen LogP contribution in [0.3, 0.4) is 0 Å². The average Bonchev–Trinajstić information content (AvgIpc) is 2.78. The van der Waals surface area contributed by atoms with E-state index in [-0.39, 0.29) is 12.4 Å². The van der Waals surface area contributed by atoms with Gasteiger partial charge in [0.25, 0.3) is 0 Å². The number of benzene rings is 3. The van der Waals surface area contributed by atoms with Crippen molar-refractivity contribution in [1.29, 1.82) is 0 Å². The van der Waals surface area contributed by atoms with E-state index in [9.17, 15) is 0 Å². The summed E-state index contributed by atoms with van der Waals surface area (Å²) in [6, 6.07) is 27.5. The molecule has 0 aliphatic rings. The Hall–Kier alpha value is -2.49. The van der Waals surface area contributed by atoms with Crippen molar-refractivity contribution in [1.82, 2.24) is 5.32 Å². The molecule has 0 aliphatic carbocycles. The number of rotatable bonds is 10. The Morgan fingerprint density at radius 2 is 1.23 bits per heavy atom. The van der Waals surface area contributed by atoms with Crippen LogP contribution in [-0.2, 0) is 6.54 Å². The van der Waals surface area contributed by atoms with E-state index in [1.165, 1.54) is 16.7 Å². The lowest BCUT2D eigenvalue weighted by atomic mass is 9.84. The second-order valence-electron chi connectivity index (χ2n) is 7.56. The highest BCUT2D eigenvalue weighted by molar-refractivity contribution is 5.85. The van der Waals surface area contributed by atoms with E-state index in [1.807, 2.05) is 24.3 Å². The summed E-state index contributed by atoms with van der Waals surface area (Å²) in [6.45, 7) is 4.21. The predicted octanol–water partition coefficient (Wildman–Crippen LogP) is 6.07. The lowest BCUT2D eigenvalue weighted by Crippen LogP contribution is -2.22. The topological polar surface area (TPSA) is 30.5 Å². The van der Waals surface area contributed by atoms with Crippen molar-refractivity contribution in [3.63, 3.8) is 0 Å². The number of ether oxygens (including phenoxy) is 2. The third-order valence-corrected chi connectivity index (χ3v) is 5.34. The van der Waals surface area contributed by atoms with Gasteiger partial charge in [-0.15, -0.1) is 12.4 Å². The van der Waals surface area contributed by atoms with Crippen LogP contribution in [0.2, 0.25) is 0 Å². The second kappa shape index (κ2) is 12.3. The van der Waals surface area contributed by atoms with Gasteiger partial charge in [0.1, 0.15) is 11.5 Å². The normalized spacial score (nSPS) is 11.6. The van der Waals surface area contributed by atoms with Crippen molar-refractivity contribution in [3.8, 4) is 11.5 Å². The first-order chi connectivity index (χ1) is 14.2. The van der Waals surface area contributed by atoms with Crippen LogP contribution in [0.5, 0.6) is 11.5 Å². The highest BCUT2D eigenvalue weighted by Gasteiger charge is 2.18. The molecule has 1 N–H and O–H groups in total. The van der Waals surface area contributed by atoms with Gasteiger partial charge in [0, 0.05) is 12.5 Å². The van der Waals surface area contributed by atoms with E-state index in [1.54, 1.807) is 14.2 Å². The SMILES string of the molecule is COc1ccc(C(CC(C)CNCc2ccccc2)c2ccc(OC)cc2)cc1.Cl. The largest absolute Gasteiger partial charge is 0.497 e. The summed E-state index contributed by atoms with van der Waals surface area (Å²) in [5.74, 6) is 2.65. The molecule has 0 saturated heterocycles. The standard InChI is InChI=1S/C26H31NO2.ClH/c1-20(18-27-19-21-7-5-4-6-8-21)17-26(22-9-13-24(28-2)14-10-22)23-11-15-25(29-3)16-12-23;/h4-16,20,26-27H,17-19H2,1-3H3;1H. The summed E-state index contributed by atoms with van der Waals surface area (Å²) < 4.78 is 10.7. The molecule has 0 fully saturated rings. The quantitative estimate of drug-likeness (QED) is 0.427. The van der Waals surface area contributed by atoms with Gasteiger partial charge in [-0.1, -0.05) is 61.5 Å². The van der Waals surface area contributed by atoms with Gasteiger partial charge in [-0.2, -0.15) is 0 Å². The first-order valence-corrected chi connectivity index (χ1v) is 10.2. The highest BCUT2D eigenvalue weighted by atomic mass is 35.5. The molecule has 3 aromatic rings. The molecule has 3 aromatic carbocycles. The van der Waals surface area contributed by atoms with Gasteiger partial charge in [-0.05, 0) is 59.8 Å². The molecule has 160 valence electrons. The monoisotopic (exact) mass is 425 g/mol. The molecular weight excluding hydrogens is 394 g/mol. The molecular formula is C26H32ClNO2. The molecule has 0 heterocycles. The van der Waals surface area contributed by atoms with Gasteiger partial charge in [-0.3, -0.25) is 0 Å². The molecule has 0 aromatic heterocycles. The van der Waals surface area contributed by atoms with Gasteiger partial charge in [0.05, 0.1) is 14.2 Å². The zero-order chi connectivity index (χ0) is 20.5. The third-order valence-electron chi connectivity index (χ3n) is 5.34. The van der Waals surface area contributed by atoms with Crippen molar-refractivity contribution in [3.05, 3.63) is 95.6 Å². The van der Waals surface area contributed by atoms with Crippen LogP contribution in [0.15, 0.2) is 78.9 Å². The van der Waals surface area contributed by atoms with Crippen LogP contribution in [0.25, 0.3) is 0 Å². The van der Waals surface area contributed by atoms with Gasteiger partial charge in [0.2, 0.25) is 0 Å². The lowest BCUT2D eigenvalue weighted by Gasteiger charge is -2.23. The Balaban J connectivity index is 0.00000320. The van der Waals surface area contributed by atoms with Crippen LogP contribution >= 0.6 is 12.4 Å². The van der Waals surface area contributed by atoms with Crippen LogP contribution in [0.4, 0.5) is 0 Å². The van der Waals surface area contributed by atoms with Gasteiger partial charge >= 0.3 is 0 Å². The molecule has 1 unspecified atom stereocenters. The molecule has 0 spiro atoms. The maximum Gasteiger partial charge on any atom is 0.118 e. The number of methoxy groups -OCH3 is 2. The zero-order valence-corrected chi connectivity index (χ0v) is 18.8. The maximum absolute atomic E-state index is 5.33. The van der Waals surface area contributed by atoms with Crippen molar-refractivity contribution in [2.24, 2.45) is 5.92 Å². The fourth-order valence-electron chi connectivity index (χ4n) is 3.68. The highest BCUT2D eigenvalue weighted by Crippen LogP contribution is 2.33. The fraction of sp³-hybridized carbons (Fsp3) is 0.308. The smallest absolute Gasteiger partial charge is 0.118 e. The van der Waals surface area contributed by atoms with E-state index >= 15 is 0 Å². The van der Waals surface area contributed by atoms with E-state index in [0.717, 1.165) is 31.0 Å². The Labute approximate surface area is 186 Å². The number of hydrogen-bond acceptors (Lipinski definition) is 3. The Kier molecular flexibility index (Phi) is 9.72. The van der Waals surface area contributed by atoms with Crippen molar-refractivity contribution in [2.45, 2.75) is 25.8 Å². The second-order valence-corrected chi connectivity index (χ2v) is 7.56. The van der Waals surface area contributed by atoms with Crippen LogP contribution in [0.1, 0.15) is 36.0 Å². The average molecular weight is 426 g/mol. The van der Waals surface area contributed by atoms with Gasteiger partial charge < -0.3 is 14.8 Å². The third kappa shape index (κ3) is 6.79. The maximum atomic E-state index is 5.33. The minimum absolute atomic E-state index is 0. The van der Waals surface area contributed by atoms with Gasteiger partial charge in [-0.25, -0.2) is 0 Å².